The molecule has 6 heteroatoms. The number of allylic oxidation sites excluding steroid dienone is 2. The van der Waals surface area contributed by atoms with Crippen LogP contribution in [0.1, 0.15) is 39.5 Å². The van der Waals surface area contributed by atoms with E-state index in [1.54, 1.807) is 12.2 Å². The molecule has 0 aliphatic carbocycles. The summed E-state index contributed by atoms with van der Waals surface area (Å²) in [7, 11) is 0. The lowest BCUT2D eigenvalue weighted by Gasteiger charge is -2.04. The highest BCUT2D eigenvalue weighted by Gasteiger charge is 2.00. The van der Waals surface area contributed by atoms with Crippen molar-refractivity contribution in [2.45, 2.75) is 39.5 Å². The molecule has 0 aliphatic rings. The van der Waals surface area contributed by atoms with Crippen molar-refractivity contribution in [1.29, 1.82) is 0 Å². The van der Waals surface area contributed by atoms with Gasteiger partial charge in [-0.2, -0.15) is 0 Å². The fraction of sp³-hybridized carbons (Fsp3) is 0.571. The van der Waals surface area contributed by atoms with E-state index >= 15 is 0 Å². The second-order valence-corrected chi connectivity index (χ2v) is 3.41. The first-order valence-corrected chi connectivity index (χ1v) is 6.41. The number of hydrogen-bond acceptors (Lipinski definition) is 4. The molecule has 0 amide bonds. The molecule has 0 radical (unpaired) electrons. The molecule has 20 heavy (non-hydrogen) atoms. The van der Waals surface area contributed by atoms with Crippen LogP contribution >= 0.6 is 0 Å². The molecule has 0 rings (SSSR count). The van der Waals surface area contributed by atoms with E-state index in [0.29, 0.717) is 13.2 Å². The molecule has 118 valence electrons. The van der Waals surface area contributed by atoms with Gasteiger partial charge in [0.1, 0.15) is 0 Å². The maximum Gasteiger partial charge on any atom is 0.508 e. The average molecular weight is 290 g/mol. The van der Waals surface area contributed by atoms with Gasteiger partial charge in [-0.3, -0.25) is 0 Å². The van der Waals surface area contributed by atoms with Gasteiger partial charge in [-0.1, -0.05) is 52.0 Å². The predicted octanol–water partition coefficient (Wildman–Crippen LogP) is 4.32. The Morgan fingerprint density at radius 1 is 0.950 bits per heavy atom. The van der Waals surface area contributed by atoms with Crippen LogP contribution in [-0.2, 0) is 9.47 Å². The van der Waals surface area contributed by atoms with Crippen molar-refractivity contribution in [1.82, 2.24) is 0 Å². The summed E-state index contributed by atoms with van der Waals surface area (Å²) < 4.78 is 9.54. The van der Waals surface area contributed by atoms with Crippen LogP contribution in [0, 0.1) is 0 Å². The van der Waals surface area contributed by atoms with Gasteiger partial charge in [0.05, 0.1) is 13.2 Å². The normalized spacial score (nSPS) is 7.90. The number of carboxylic acid groups (broad SMARTS) is 2. The molecule has 0 aliphatic heterocycles. The molecule has 0 bridgehead atoms. The zero-order valence-electron chi connectivity index (χ0n) is 12.3. The van der Waals surface area contributed by atoms with Crippen LogP contribution in [0.5, 0.6) is 0 Å². The zero-order chi connectivity index (χ0) is 16.2. The lowest BCUT2D eigenvalue weighted by molar-refractivity contribution is 0.0536. The largest absolute Gasteiger partial charge is 0.508 e. The van der Waals surface area contributed by atoms with Gasteiger partial charge in [-0.15, -0.1) is 0 Å². The second-order valence-electron chi connectivity index (χ2n) is 3.41. The minimum absolute atomic E-state index is 0.474. The summed E-state index contributed by atoms with van der Waals surface area (Å²) in [6.45, 7) is 11.8. The van der Waals surface area contributed by atoms with Crippen LogP contribution in [-0.4, -0.2) is 35.7 Å². The lowest BCUT2D eigenvalue weighted by atomic mass is 10.4. The topological polar surface area (TPSA) is 93.1 Å². The standard InChI is InChI=1S/C9H18O3.C4H6.CH2O3/c1-3-5-7-11-9(10)12-8-6-4-2;1-3-4-2;2-1(3)4/h3-8H2,1-2H3;3-4H,1-2H2;(H2,2,3,4). The molecule has 0 unspecified atom stereocenters. The van der Waals surface area contributed by atoms with E-state index in [4.69, 9.17) is 24.5 Å². The van der Waals surface area contributed by atoms with Gasteiger partial charge in [0.25, 0.3) is 0 Å². The number of rotatable bonds is 7. The van der Waals surface area contributed by atoms with E-state index < -0.39 is 12.3 Å². The van der Waals surface area contributed by atoms with Crippen molar-refractivity contribution in [3.63, 3.8) is 0 Å². The molecule has 0 atom stereocenters. The first-order chi connectivity index (χ1) is 9.45. The van der Waals surface area contributed by atoms with Gasteiger partial charge >= 0.3 is 12.3 Å². The van der Waals surface area contributed by atoms with Crippen molar-refractivity contribution in [2.24, 2.45) is 0 Å². The van der Waals surface area contributed by atoms with Crippen LogP contribution in [0.4, 0.5) is 9.59 Å². The second kappa shape index (κ2) is 22.2. The van der Waals surface area contributed by atoms with E-state index in [1.165, 1.54) is 0 Å². The van der Waals surface area contributed by atoms with Crippen molar-refractivity contribution < 1.29 is 29.3 Å². The number of hydrogen-bond donors (Lipinski definition) is 2. The van der Waals surface area contributed by atoms with Gasteiger partial charge in [0.15, 0.2) is 0 Å². The molecule has 0 fully saturated rings. The van der Waals surface area contributed by atoms with E-state index in [-0.39, 0.29) is 0 Å². The van der Waals surface area contributed by atoms with E-state index in [2.05, 4.69) is 13.2 Å². The minimum Gasteiger partial charge on any atom is -0.450 e. The molecule has 2 N–H and O–H groups in total. The highest BCUT2D eigenvalue weighted by Crippen LogP contribution is 1.93. The van der Waals surface area contributed by atoms with E-state index in [0.717, 1.165) is 25.7 Å². The fourth-order valence-electron chi connectivity index (χ4n) is 0.641. The number of unbranched alkanes of at least 4 members (excludes halogenated alkanes) is 2. The Labute approximate surface area is 120 Å². The number of ether oxygens (including phenoxy) is 2. The van der Waals surface area contributed by atoms with Crippen molar-refractivity contribution in [3.8, 4) is 0 Å². The number of carbonyl (C=O) groups excluding carboxylic acids is 1. The Morgan fingerprint density at radius 3 is 1.45 bits per heavy atom. The molecule has 0 aromatic rings. The highest BCUT2D eigenvalue weighted by atomic mass is 16.7. The Kier molecular flexibility index (Phi) is 25.7. The molecular formula is C14H26O6. The first-order valence-electron chi connectivity index (χ1n) is 6.41. The molecule has 0 saturated carbocycles. The third-order valence-electron chi connectivity index (χ3n) is 1.60. The molecule has 0 aromatic carbocycles. The summed E-state index contributed by atoms with van der Waals surface area (Å²) in [6.07, 6.45) is 4.79. The van der Waals surface area contributed by atoms with Crippen LogP contribution in [0.15, 0.2) is 25.3 Å². The molecule has 0 saturated heterocycles. The van der Waals surface area contributed by atoms with Crippen LogP contribution in [0.2, 0.25) is 0 Å². The zero-order valence-corrected chi connectivity index (χ0v) is 12.3. The SMILES string of the molecule is C=CC=C.CCCCOC(=O)OCCCC.O=C(O)O. The maximum absolute atomic E-state index is 10.7. The minimum atomic E-state index is -1.83. The Morgan fingerprint density at radius 2 is 1.25 bits per heavy atom. The molecule has 0 heterocycles. The van der Waals surface area contributed by atoms with Gasteiger partial charge in [0.2, 0.25) is 0 Å². The summed E-state index contributed by atoms with van der Waals surface area (Å²) in [6, 6.07) is 0. The molecule has 6 nitrogen and oxygen atoms in total. The fourth-order valence-corrected chi connectivity index (χ4v) is 0.641. The molecular weight excluding hydrogens is 264 g/mol. The van der Waals surface area contributed by atoms with Gasteiger partial charge in [-0.25, -0.2) is 9.59 Å². The number of carbonyl (C=O) groups is 2. The Hall–Kier alpha value is -1.98. The smallest absolute Gasteiger partial charge is 0.450 e. The maximum atomic E-state index is 10.7. The van der Waals surface area contributed by atoms with Gasteiger partial charge in [-0.05, 0) is 12.8 Å². The van der Waals surface area contributed by atoms with Crippen LogP contribution in [0.3, 0.4) is 0 Å². The van der Waals surface area contributed by atoms with Crippen molar-refractivity contribution >= 4 is 12.3 Å². The lowest BCUT2D eigenvalue weighted by Crippen LogP contribution is -2.09. The van der Waals surface area contributed by atoms with Crippen molar-refractivity contribution in [2.75, 3.05) is 13.2 Å². The Balaban J connectivity index is -0.000000297. The van der Waals surface area contributed by atoms with Crippen LogP contribution < -0.4 is 0 Å². The molecule has 0 spiro atoms. The summed E-state index contributed by atoms with van der Waals surface area (Å²) in [4.78, 5) is 19.3. The van der Waals surface area contributed by atoms with Crippen LogP contribution in [0.25, 0.3) is 0 Å². The third-order valence-corrected chi connectivity index (χ3v) is 1.60. The summed E-state index contributed by atoms with van der Waals surface area (Å²) in [5.74, 6) is 0. The summed E-state index contributed by atoms with van der Waals surface area (Å²) >= 11 is 0. The monoisotopic (exact) mass is 290 g/mol. The molecule has 0 aromatic heterocycles. The van der Waals surface area contributed by atoms with Gasteiger partial charge < -0.3 is 19.7 Å². The quantitative estimate of drug-likeness (QED) is 0.412. The summed E-state index contributed by atoms with van der Waals surface area (Å²) in [5.41, 5.74) is 0. The Bertz CT molecular complexity index is 228. The average Bonchev–Trinajstić information content (AvgIpc) is 2.39. The van der Waals surface area contributed by atoms with Crippen molar-refractivity contribution in [3.05, 3.63) is 25.3 Å². The summed E-state index contributed by atoms with van der Waals surface area (Å²) in [5, 5.41) is 13.9. The third kappa shape index (κ3) is 44.4. The van der Waals surface area contributed by atoms with Gasteiger partial charge in [0, 0.05) is 0 Å². The first kappa shape index (κ1) is 23.1. The predicted molar refractivity (Wildman–Crippen MR) is 78.2 cm³/mol. The van der Waals surface area contributed by atoms with E-state index in [9.17, 15) is 4.79 Å². The highest BCUT2D eigenvalue weighted by molar-refractivity contribution is 5.59. The van der Waals surface area contributed by atoms with E-state index in [1.807, 2.05) is 13.8 Å².